The third kappa shape index (κ3) is 3.97. The van der Waals surface area contributed by atoms with Gasteiger partial charge in [0.1, 0.15) is 23.5 Å². The smallest absolute Gasteiger partial charge is 0.233 e. The molecule has 24 heavy (non-hydrogen) atoms. The molecule has 0 aromatic heterocycles. The zero-order chi connectivity index (χ0) is 16.9. The number of rotatable bonds is 6. The van der Waals surface area contributed by atoms with E-state index in [1.165, 1.54) is 0 Å². The van der Waals surface area contributed by atoms with Crippen molar-refractivity contribution in [3.8, 4) is 11.5 Å². The van der Waals surface area contributed by atoms with Crippen LogP contribution in [0.1, 0.15) is 10.9 Å². The lowest BCUT2D eigenvalue weighted by molar-refractivity contribution is -0.128. The largest absolute Gasteiger partial charge is 0.497 e. The van der Waals surface area contributed by atoms with Crippen LogP contribution in [0.15, 0.2) is 48.5 Å². The van der Waals surface area contributed by atoms with E-state index in [9.17, 15) is 4.79 Å². The highest BCUT2D eigenvalue weighted by atomic mass is 35.5. The van der Waals surface area contributed by atoms with E-state index in [1.54, 1.807) is 31.0 Å². The maximum absolute atomic E-state index is 12.2. The van der Waals surface area contributed by atoms with Gasteiger partial charge in [0, 0.05) is 5.02 Å². The second kappa shape index (κ2) is 7.81. The number of halogens is 1. The van der Waals surface area contributed by atoms with Gasteiger partial charge in [-0.05, 0) is 42.0 Å². The molecule has 0 spiro atoms. The molecule has 1 unspecified atom stereocenters. The first-order valence-corrected chi connectivity index (χ1v) is 9.03. The maximum Gasteiger partial charge on any atom is 0.233 e. The Balaban J connectivity index is 1.61. The third-order valence-corrected chi connectivity index (χ3v) is 5.29. The average Bonchev–Trinajstić information content (AvgIpc) is 2.98. The normalized spacial score (nSPS) is 17.2. The van der Waals surface area contributed by atoms with E-state index in [-0.39, 0.29) is 11.3 Å². The summed E-state index contributed by atoms with van der Waals surface area (Å²) < 4.78 is 10.9. The number of benzene rings is 2. The van der Waals surface area contributed by atoms with Crippen molar-refractivity contribution in [1.82, 2.24) is 4.90 Å². The number of ether oxygens (including phenoxy) is 2. The average molecular weight is 364 g/mol. The Hall–Kier alpha value is -1.85. The first-order valence-electron chi connectivity index (χ1n) is 7.61. The molecule has 0 N–H and O–H groups in total. The van der Waals surface area contributed by atoms with Gasteiger partial charge in [0.2, 0.25) is 5.91 Å². The van der Waals surface area contributed by atoms with Gasteiger partial charge < -0.3 is 14.4 Å². The Morgan fingerprint density at radius 2 is 1.79 bits per heavy atom. The fraction of sp³-hybridized carbons (Fsp3) is 0.278. The summed E-state index contributed by atoms with van der Waals surface area (Å²) in [4.78, 5) is 14.0. The number of thioether (sulfide) groups is 1. The Bertz CT molecular complexity index is 690. The van der Waals surface area contributed by atoms with Crippen LogP contribution in [0.3, 0.4) is 0 Å². The van der Waals surface area contributed by atoms with Crippen molar-refractivity contribution < 1.29 is 14.3 Å². The first-order chi connectivity index (χ1) is 11.7. The van der Waals surface area contributed by atoms with Crippen molar-refractivity contribution in [2.75, 3.05) is 26.0 Å². The molecule has 1 aliphatic heterocycles. The number of hydrogen-bond donors (Lipinski definition) is 0. The van der Waals surface area contributed by atoms with Crippen molar-refractivity contribution in [3.63, 3.8) is 0 Å². The number of amides is 1. The summed E-state index contributed by atoms with van der Waals surface area (Å²) in [6.45, 7) is 0.992. The van der Waals surface area contributed by atoms with E-state index < -0.39 is 0 Å². The number of hydrogen-bond acceptors (Lipinski definition) is 4. The van der Waals surface area contributed by atoms with Crippen molar-refractivity contribution in [1.29, 1.82) is 0 Å². The molecule has 0 saturated carbocycles. The van der Waals surface area contributed by atoms with E-state index in [0.717, 1.165) is 17.1 Å². The fourth-order valence-electron chi connectivity index (χ4n) is 2.53. The first kappa shape index (κ1) is 17.0. The SMILES string of the molecule is COc1ccc(C2SCC(=O)N2CCOc2ccc(Cl)cc2)cc1. The topological polar surface area (TPSA) is 38.8 Å². The highest BCUT2D eigenvalue weighted by Crippen LogP contribution is 2.38. The maximum atomic E-state index is 12.2. The van der Waals surface area contributed by atoms with Crippen molar-refractivity contribution in [2.45, 2.75) is 5.37 Å². The lowest BCUT2D eigenvalue weighted by atomic mass is 10.2. The highest BCUT2D eigenvalue weighted by molar-refractivity contribution is 8.00. The van der Waals surface area contributed by atoms with Crippen molar-refractivity contribution >= 4 is 29.3 Å². The number of nitrogens with zero attached hydrogens (tertiary/aromatic N) is 1. The van der Waals surface area contributed by atoms with Gasteiger partial charge in [-0.1, -0.05) is 23.7 Å². The summed E-state index contributed by atoms with van der Waals surface area (Å²) in [5.41, 5.74) is 1.10. The van der Waals surface area contributed by atoms with Crippen LogP contribution in [0, 0.1) is 0 Å². The zero-order valence-corrected chi connectivity index (χ0v) is 14.8. The summed E-state index contributed by atoms with van der Waals surface area (Å²) in [5, 5.41) is 0.699. The van der Waals surface area contributed by atoms with Crippen LogP contribution < -0.4 is 9.47 Å². The summed E-state index contributed by atoms with van der Waals surface area (Å²) in [6, 6.07) is 15.1. The predicted octanol–water partition coefficient (Wildman–Crippen LogP) is 4.00. The van der Waals surface area contributed by atoms with Crippen LogP contribution in [-0.2, 0) is 4.79 Å². The quantitative estimate of drug-likeness (QED) is 0.777. The van der Waals surface area contributed by atoms with E-state index in [4.69, 9.17) is 21.1 Å². The minimum atomic E-state index is 0.0252. The second-order valence-corrected chi connectivity index (χ2v) is 6.83. The van der Waals surface area contributed by atoms with Gasteiger partial charge >= 0.3 is 0 Å². The highest BCUT2D eigenvalue weighted by Gasteiger charge is 2.32. The Kier molecular flexibility index (Phi) is 5.53. The number of carbonyl (C=O) groups excluding carboxylic acids is 1. The fourth-order valence-corrected chi connectivity index (χ4v) is 3.88. The summed E-state index contributed by atoms with van der Waals surface area (Å²) >= 11 is 7.49. The molecule has 1 heterocycles. The lowest BCUT2D eigenvalue weighted by Crippen LogP contribution is -2.32. The van der Waals surface area contributed by atoms with Gasteiger partial charge in [-0.2, -0.15) is 0 Å². The molecule has 2 aromatic rings. The lowest BCUT2D eigenvalue weighted by Gasteiger charge is -2.24. The number of methoxy groups -OCH3 is 1. The van der Waals surface area contributed by atoms with Crippen LogP contribution in [0.25, 0.3) is 0 Å². The molecule has 4 nitrogen and oxygen atoms in total. The van der Waals surface area contributed by atoms with Crippen LogP contribution >= 0.6 is 23.4 Å². The Labute approximate surface area is 150 Å². The van der Waals surface area contributed by atoms with Gasteiger partial charge in [-0.3, -0.25) is 4.79 Å². The van der Waals surface area contributed by atoms with Gasteiger partial charge in [0.05, 0.1) is 19.4 Å². The molecular formula is C18H18ClNO3S. The second-order valence-electron chi connectivity index (χ2n) is 5.33. The molecule has 1 atom stereocenters. The van der Waals surface area contributed by atoms with E-state index in [0.29, 0.717) is 23.9 Å². The molecule has 1 fully saturated rings. The summed E-state index contributed by atoms with van der Waals surface area (Å²) in [6.07, 6.45) is 0. The van der Waals surface area contributed by atoms with Crippen LogP contribution in [0.2, 0.25) is 5.02 Å². The Morgan fingerprint density at radius 1 is 1.12 bits per heavy atom. The Morgan fingerprint density at radius 3 is 2.46 bits per heavy atom. The van der Waals surface area contributed by atoms with Gasteiger partial charge in [0.25, 0.3) is 0 Å². The van der Waals surface area contributed by atoms with Crippen LogP contribution in [0.4, 0.5) is 0 Å². The molecule has 0 radical (unpaired) electrons. The minimum Gasteiger partial charge on any atom is -0.497 e. The molecule has 1 saturated heterocycles. The molecule has 2 aromatic carbocycles. The molecule has 3 rings (SSSR count). The minimum absolute atomic E-state index is 0.0252. The van der Waals surface area contributed by atoms with Gasteiger partial charge in [-0.15, -0.1) is 11.8 Å². The molecule has 1 aliphatic rings. The molecule has 126 valence electrons. The predicted molar refractivity (Wildman–Crippen MR) is 96.9 cm³/mol. The standard InChI is InChI=1S/C18H18ClNO3S/c1-22-15-6-2-13(3-7-15)18-20(17(21)12-24-18)10-11-23-16-8-4-14(19)5-9-16/h2-9,18H,10-12H2,1H3. The molecule has 0 aliphatic carbocycles. The van der Waals surface area contributed by atoms with Crippen LogP contribution in [-0.4, -0.2) is 36.8 Å². The molecule has 0 bridgehead atoms. The van der Waals surface area contributed by atoms with E-state index in [1.807, 2.05) is 41.3 Å². The van der Waals surface area contributed by atoms with Crippen molar-refractivity contribution in [3.05, 3.63) is 59.1 Å². The third-order valence-electron chi connectivity index (χ3n) is 3.78. The van der Waals surface area contributed by atoms with E-state index >= 15 is 0 Å². The molecular weight excluding hydrogens is 346 g/mol. The summed E-state index contributed by atoms with van der Waals surface area (Å²) in [5.74, 6) is 2.20. The van der Waals surface area contributed by atoms with Crippen molar-refractivity contribution in [2.24, 2.45) is 0 Å². The monoisotopic (exact) mass is 363 g/mol. The van der Waals surface area contributed by atoms with E-state index in [2.05, 4.69) is 0 Å². The molecule has 1 amide bonds. The molecule has 6 heteroatoms. The summed E-state index contributed by atoms with van der Waals surface area (Å²) in [7, 11) is 1.64. The van der Waals surface area contributed by atoms with Gasteiger partial charge in [-0.25, -0.2) is 0 Å². The van der Waals surface area contributed by atoms with Gasteiger partial charge in [0.15, 0.2) is 0 Å². The van der Waals surface area contributed by atoms with Crippen LogP contribution in [0.5, 0.6) is 11.5 Å². The number of carbonyl (C=O) groups is 1. The zero-order valence-electron chi connectivity index (χ0n) is 13.3.